The first-order valence-corrected chi connectivity index (χ1v) is 13.1. The van der Waals surface area contributed by atoms with Gasteiger partial charge in [-0.2, -0.15) is 23.4 Å². The second-order valence-electron chi connectivity index (χ2n) is 10.3. The summed E-state index contributed by atoms with van der Waals surface area (Å²) in [7, 11) is 1.65. The number of ether oxygens (including phenoxy) is 1. The quantitative estimate of drug-likeness (QED) is 0.278. The number of carbonyl (C=O) groups excluding carboxylic acids is 1. The van der Waals surface area contributed by atoms with E-state index < -0.39 is 17.2 Å². The number of aryl methyl sites for hydroxylation is 1. The monoisotopic (exact) mass is 554 g/mol. The molecule has 0 spiro atoms. The molecule has 198 valence electrons. The maximum Gasteiger partial charge on any atom is 0.410 e. The number of hydrogen-bond donors (Lipinski definition) is 0. The van der Waals surface area contributed by atoms with Crippen molar-refractivity contribution < 1.29 is 22.7 Å². The molecule has 0 N–H and O–H groups in total. The number of hydrogen-bond acceptors (Lipinski definition) is 6. The Morgan fingerprint density at radius 2 is 1.86 bits per heavy atom. The molecule has 3 aromatic heterocycles. The summed E-state index contributed by atoms with van der Waals surface area (Å²) in [6, 6.07) is 3.17. The Balaban J connectivity index is 1.37. The van der Waals surface area contributed by atoms with Gasteiger partial charge in [-0.25, -0.2) is 14.3 Å². The predicted molar refractivity (Wildman–Crippen MR) is 135 cm³/mol. The van der Waals surface area contributed by atoms with Crippen LogP contribution in [0.2, 0.25) is 0 Å². The number of benzene rings is 1. The van der Waals surface area contributed by atoms with E-state index in [0.717, 1.165) is 18.5 Å². The molecule has 13 heteroatoms. The standard InChI is InChI=1S/C24H26ClF3N6O2S/c1-23(2,3)36-22(35)33-7-5-13(6-8-33)17-12-34-21(29-17)37-20(31-34)14-9-15-11-32(4)30-18(15)16(10-14)19(25)24(26,27)28/h9-13,19H,5-8H2,1-4H3. The third kappa shape index (κ3) is 5.26. The smallest absolute Gasteiger partial charge is 0.410 e. The number of alkyl halides is 4. The van der Waals surface area contributed by atoms with E-state index in [1.807, 2.05) is 27.0 Å². The third-order valence-corrected chi connectivity index (χ3v) is 7.64. The summed E-state index contributed by atoms with van der Waals surface area (Å²) in [6.45, 7) is 6.69. The zero-order valence-corrected chi connectivity index (χ0v) is 22.3. The zero-order valence-electron chi connectivity index (χ0n) is 20.7. The van der Waals surface area contributed by atoms with Gasteiger partial charge in [-0.3, -0.25) is 4.68 Å². The third-order valence-electron chi connectivity index (χ3n) is 6.19. The summed E-state index contributed by atoms with van der Waals surface area (Å²) in [5.74, 6) is 0.179. The van der Waals surface area contributed by atoms with Crippen molar-refractivity contribution in [3.63, 3.8) is 0 Å². The number of fused-ring (bicyclic) bond motifs is 2. The van der Waals surface area contributed by atoms with Crippen molar-refractivity contribution in [3.05, 3.63) is 35.8 Å². The Morgan fingerprint density at radius 3 is 2.49 bits per heavy atom. The molecule has 1 aliphatic heterocycles. The van der Waals surface area contributed by atoms with Crippen LogP contribution in [0.15, 0.2) is 24.5 Å². The summed E-state index contributed by atoms with van der Waals surface area (Å²) in [5.41, 5.74) is 0.978. The molecule has 1 aromatic carbocycles. The lowest BCUT2D eigenvalue weighted by Gasteiger charge is -2.32. The van der Waals surface area contributed by atoms with E-state index in [1.54, 1.807) is 28.7 Å². The fourth-order valence-corrected chi connectivity index (χ4v) is 5.53. The molecule has 8 nitrogen and oxygen atoms in total. The molecule has 1 aliphatic rings. The van der Waals surface area contributed by atoms with Crippen molar-refractivity contribution in [1.82, 2.24) is 29.3 Å². The first kappa shape index (κ1) is 25.8. The van der Waals surface area contributed by atoms with E-state index in [4.69, 9.17) is 21.3 Å². The molecule has 37 heavy (non-hydrogen) atoms. The van der Waals surface area contributed by atoms with E-state index in [2.05, 4.69) is 10.2 Å². The minimum absolute atomic E-state index is 0.104. The average Bonchev–Trinajstić information content (AvgIpc) is 3.48. The van der Waals surface area contributed by atoms with E-state index in [-0.39, 0.29) is 23.1 Å². The molecule has 0 saturated carbocycles. The number of rotatable bonds is 3. The van der Waals surface area contributed by atoms with E-state index in [9.17, 15) is 18.0 Å². The molecular formula is C24H26ClF3N6O2S. The number of nitrogens with zero attached hydrogens (tertiary/aromatic N) is 6. The summed E-state index contributed by atoms with van der Waals surface area (Å²) < 4.78 is 49.0. The Kier molecular flexibility index (Phi) is 6.38. The molecule has 1 unspecified atom stereocenters. The van der Waals surface area contributed by atoms with Crippen molar-refractivity contribution >= 4 is 44.9 Å². The van der Waals surface area contributed by atoms with Crippen molar-refractivity contribution in [2.45, 2.75) is 56.7 Å². The second-order valence-corrected chi connectivity index (χ2v) is 11.6. The molecule has 1 atom stereocenters. The van der Waals surface area contributed by atoms with Crippen LogP contribution in [0.25, 0.3) is 26.4 Å². The minimum Gasteiger partial charge on any atom is -0.444 e. The average molecular weight is 555 g/mol. The fourth-order valence-electron chi connectivity index (χ4n) is 4.49. The number of amides is 1. The van der Waals surface area contributed by atoms with E-state index in [0.29, 0.717) is 34.0 Å². The van der Waals surface area contributed by atoms with Gasteiger partial charge < -0.3 is 9.64 Å². The van der Waals surface area contributed by atoms with Gasteiger partial charge >= 0.3 is 12.3 Å². The summed E-state index contributed by atoms with van der Waals surface area (Å²) in [5, 5.41) is 7.67. The van der Waals surface area contributed by atoms with Crippen LogP contribution < -0.4 is 0 Å². The molecule has 5 rings (SSSR count). The van der Waals surface area contributed by atoms with Gasteiger partial charge in [-0.1, -0.05) is 11.3 Å². The van der Waals surface area contributed by atoms with Gasteiger partial charge in [0.2, 0.25) is 4.96 Å². The molecule has 4 heterocycles. The largest absolute Gasteiger partial charge is 0.444 e. The number of imidazole rings is 1. The molecule has 0 aliphatic carbocycles. The summed E-state index contributed by atoms with van der Waals surface area (Å²) >= 11 is 7.11. The van der Waals surface area contributed by atoms with Gasteiger partial charge in [0.25, 0.3) is 0 Å². The molecule has 0 radical (unpaired) electrons. The topological polar surface area (TPSA) is 77.5 Å². The maximum absolute atomic E-state index is 13.5. The van der Waals surface area contributed by atoms with Crippen molar-refractivity contribution in [3.8, 4) is 10.6 Å². The Bertz CT molecular complexity index is 1430. The van der Waals surface area contributed by atoms with Crippen LogP contribution in [0.4, 0.5) is 18.0 Å². The van der Waals surface area contributed by atoms with Crippen LogP contribution in [-0.2, 0) is 11.8 Å². The molecule has 1 saturated heterocycles. The highest BCUT2D eigenvalue weighted by molar-refractivity contribution is 7.19. The number of aromatic nitrogens is 5. The zero-order chi connectivity index (χ0) is 26.7. The van der Waals surface area contributed by atoms with Crippen molar-refractivity contribution in [2.24, 2.45) is 7.05 Å². The highest BCUT2D eigenvalue weighted by Crippen LogP contribution is 2.43. The number of likely N-dealkylation sites (tertiary alicyclic amines) is 1. The van der Waals surface area contributed by atoms with Gasteiger partial charge in [0.1, 0.15) is 10.6 Å². The minimum atomic E-state index is -4.62. The Labute approximate surface area is 220 Å². The molecule has 0 bridgehead atoms. The molecule has 4 aromatic rings. The summed E-state index contributed by atoms with van der Waals surface area (Å²) in [6.07, 6.45) is 0.0997. The molecule has 1 fully saturated rings. The van der Waals surface area contributed by atoms with Gasteiger partial charge in [0.05, 0.1) is 17.4 Å². The normalized spacial score (nSPS) is 16.6. The molecular weight excluding hydrogens is 529 g/mol. The lowest BCUT2D eigenvalue weighted by Crippen LogP contribution is -2.41. The maximum atomic E-state index is 13.5. The lowest BCUT2D eigenvalue weighted by atomic mass is 9.94. The summed E-state index contributed by atoms with van der Waals surface area (Å²) in [4.78, 5) is 19.4. The molecule has 1 amide bonds. The van der Waals surface area contributed by atoms with Crippen LogP contribution in [-0.4, -0.2) is 60.2 Å². The van der Waals surface area contributed by atoms with Crippen LogP contribution in [0, 0.1) is 0 Å². The van der Waals surface area contributed by atoms with Gasteiger partial charge in [0, 0.05) is 48.8 Å². The van der Waals surface area contributed by atoms with Crippen LogP contribution >= 0.6 is 22.9 Å². The van der Waals surface area contributed by atoms with E-state index in [1.165, 1.54) is 22.1 Å². The van der Waals surface area contributed by atoms with E-state index >= 15 is 0 Å². The highest BCUT2D eigenvalue weighted by atomic mass is 35.5. The second kappa shape index (κ2) is 9.16. The fraction of sp³-hybridized carbons (Fsp3) is 0.500. The Morgan fingerprint density at radius 1 is 1.16 bits per heavy atom. The SMILES string of the molecule is Cn1cc2cc(-c3nn4cc(C5CCN(C(=O)OC(C)(C)C)CC5)nc4s3)cc(C(Cl)C(F)(F)F)c2n1. The van der Waals surface area contributed by atoms with Crippen LogP contribution in [0.5, 0.6) is 0 Å². The van der Waals surface area contributed by atoms with Gasteiger partial charge in [-0.05, 0) is 45.7 Å². The first-order valence-electron chi connectivity index (χ1n) is 11.8. The van der Waals surface area contributed by atoms with Crippen LogP contribution in [0.1, 0.15) is 56.2 Å². The number of carbonyl (C=O) groups is 1. The van der Waals surface area contributed by atoms with Crippen LogP contribution in [0.3, 0.4) is 0 Å². The lowest BCUT2D eigenvalue weighted by molar-refractivity contribution is -0.131. The number of piperidine rings is 1. The number of halogens is 4. The van der Waals surface area contributed by atoms with Gasteiger partial charge in [0.15, 0.2) is 5.38 Å². The first-order chi connectivity index (χ1) is 17.3. The van der Waals surface area contributed by atoms with Crippen molar-refractivity contribution in [2.75, 3.05) is 13.1 Å². The van der Waals surface area contributed by atoms with Crippen molar-refractivity contribution in [1.29, 1.82) is 0 Å². The predicted octanol–water partition coefficient (Wildman–Crippen LogP) is 6.30. The highest BCUT2D eigenvalue weighted by Gasteiger charge is 2.41. The Hall–Kier alpha value is -2.86. The van der Waals surface area contributed by atoms with Gasteiger partial charge in [-0.15, -0.1) is 11.6 Å².